The van der Waals surface area contributed by atoms with E-state index in [4.69, 9.17) is 5.73 Å². The van der Waals surface area contributed by atoms with E-state index in [9.17, 15) is 8.42 Å². The molecule has 130 valence electrons. The fourth-order valence-electron chi connectivity index (χ4n) is 2.72. The van der Waals surface area contributed by atoms with Gasteiger partial charge >= 0.3 is 0 Å². The lowest BCUT2D eigenvalue weighted by Crippen LogP contribution is -2.16. The number of anilines is 2. The minimum Gasteiger partial charge on any atom is -0.397 e. The van der Waals surface area contributed by atoms with Crippen LogP contribution in [0.3, 0.4) is 0 Å². The van der Waals surface area contributed by atoms with Crippen molar-refractivity contribution in [2.45, 2.75) is 18.7 Å². The quantitative estimate of drug-likeness (QED) is 0.703. The summed E-state index contributed by atoms with van der Waals surface area (Å²) >= 11 is 0. The van der Waals surface area contributed by atoms with E-state index >= 15 is 0 Å². The Morgan fingerprint density at radius 2 is 1.84 bits per heavy atom. The second-order valence-electron chi connectivity index (χ2n) is 6.03. The number of aromatic nitrogens is 2. The minimum absolute atomic E-state index is 0.225. The molecule has 3 N–H and O–H groups in total. The summed E-state index contributed by atoms with van der Waals surface area (Å²) in [5.41, 5.74) is 10.0. The summed E-state index contributed by atoms with van der Waals surface area (Å²) in [7, 11) is -1.89. The zero-order chi connectivity index (χ0) is 18.2. The zero-order valence-corrected chi connectivity index (χ0v) is 15.1. The van der Waals surface area contributed by atoms with Crippen molar-refractivity contribution in [2.75, 3.05) is 10.5 Å². The van der Waals surface area contributed by atoms with Crippen LogP contribution in [-0.4, -0.2) is 18.2 Å². The number of sulfonamides is 1. The van der Waals surface area contributed by atoms with Crippen molar-refractivity contribution < 1.29 is 8.42 Å². The molecule has 0 atom stereocenters. The van der Waals surface area contributed by atoms with E-state index in [0.717, 1.165) is 16.7 Å². The molecule has 0 bridgehead atoms. The van der Waals surface area contributed by atoms with Crippen molar-refractivity contribution in [3.63, 3.8) is 0 Å². The van der Waals surface area contributed by atoms with Crippen LogP contribution < -0.4 is 10.5 Å². The highest BCUT2D eigenvalue weighted by atomic mass is 32.2. The molecule has 25 heavy (non-hydrogen) atoms. The fourth-order valence-corrected chi connectivity index (χ4v) is 4.11. The lowest BCUT2D eigenvalue weighted by Gasteiger charge is -2.14. The number of nitrogens with one attached hydrogen (secondary N) is 1. The van der Waals surface area contributed by atoms with Crippen LogP contribution in [0.25, 0.3) is 11.1 Å². The second-order valence-corrected chi connectivity index (χ2v) is 7.68. The van der Waals surface area contributed by atoms with E-state index in [-0.39, 0.29) is 4.90 Å². The maximum Gasteiger partial charge on any atom is 0.262 e. The average Bonchev–Trinajstić information content (AvgIpc) is 2.97. The summed E-state index contributed by atoms with van der Waals surface area (Å²) in [6, 6.07) is 10.5. The van der Waals surface area contributed by atoms with Crippen LogP contribution in [0, 0.1) is 13.8 Å². The Bertz CT molecular complexity index is 1020. The van der Waals surface area contributed by atoms with Gasteiger partial charge in [-0.15, -0.1) is 0 Å². The molecule has 1 aromatic heterocycles. The molecule has 0 unspecified atom stereocenters. The normalized spacial score (nSPS) is 11.5. The highest BCUT2D eigenvalue weighted by molar-refractivity contribution is 7.92. The van der Waals surface area contributed by atoms with E-state index in [1.807, 2.05) is 32.3 Å². The molecule has 0 amide bonds. The third-order valence-electron chi connectivity index (χ3n) is 4.04. The van der Waals surface area contributed by atoms with Gasteiger partial charge in [-0.2, -0.15) is 5.10 Å². The van der Waals surface area contributed by atoms with Gasteiger partial charge in [0, 0.05) is 18.8 Å². The lowest BCUT2D eigenvalue weighted by atomic mass is 10.1. The van der Waals surface area contributed by atoms with Crippen LogP contribution in [0.2, 0.25) is 0 Å². The number of nitrogens with zero attached hydrogens (tertiary/aromatic N) is 2. The number of benzene rings is 2. The van der Waals surface area contributed by atoms with Crippen molar-refractivity contribution in [1.82, 2.24) is 9.78 Å². The molecule has 1 heterocycles. The van der Waals surface area contributed by atoms with E-state index in [1.165, 1.54) is 0 Å². The Balaban J connectivity index is 1.98. The summed E-state index contributed by atoms with van der Waals surface area (Å²) in [5.74, 6) is 0. The third-order valence-corrected chi connectivity index (χ3v) is 5.55. The number of hydrogen-bond acceptors (Lipinski definition) is 4. The monoisotopic (exact) mass is 356 g/mol. The highest BCUT2D eigenvalue weighted by Gasteiger charge is 2.19. The first-order valence-electron chi connectivity index (χ1n) is 7.75. The first-order chi connectivity index (χ1) is 11.8. The Morgan fingerprint density at radius 1 is 1.08 bits per heavy atom. The van der Waals surface area contributed by atoms with Gasteiger partial charge in [-0.25, -0.2) is 8.42 Å². The lowest BCUT2D eigenvalue weighted by molar-refractivity contribution is 0.600. The van der Waals surface area contributed by atoms with E-state index in [0.29, 0.717) is 16.9 Å². The van der Waals surface area contributed by atoms with Gasteiger partial charge in [0.1, 0.15) is 0 Å². The first kappa shape index (κ1) is 17.0. The minimum atomic E-state index is -3.73. The van der Waals surface area contributed by atoms with Gasteiger partial charge in [0.25, 0.3) is 10.0 Å². The standard InChI is InChI=1S/C18H20N4O2S/c1-12-5-4-6-16(19)18(12)21-25(23,24)17-8-7-14(9-13(17)2)15-10-20-22(3)11-15/h4-11,21H,19H2,1-3H3. The molecule has 6 nitrogen and oxygen atoms in total. The molecule has 3 aromatic rings. The summed E-state index contributed by atoms with van der Waals surface area (Å²) < 4.78 is 29.9. The van der Waals surface area contributed by atoms with Crippen molar-refractivity contribution in [2.24, 2.45) is 7.05 Å². The van der Waals surface area contributed by atoms with Crippen molar-refractivity contribution in [3.8, 4) is 11.1 Å². The number of rotatable bonds is 4. The zero-order valence-electron chi connectivity index (χ0n) is 14.3. The van der Waals surface area contributed by atoms with E-state index in [1.54, 1.807) is 42.1 Å². The molecule has 0 aliphatic carbocycles. The molecular formula is C18H20N4O2S. The average molecular weight is 356 g/mol. The van der Waals surface area contributed by atoms with E-state index < -0.39 is 10.0 Å². The molecule has 0 spiro atoms. The molecule has 2 aromatic carbocycles. The predicted molar refractivity (Wildman–Crippen MR) is 99.8 cm³/mol. The number of nitrogens with two attached hydrogens (primary N) is 1. The van der Waals surface area contributed by atoms with Gasteiger partial charge < -0.3 is 5.73 Å². The van der Waals surface area contributed by atoms with Gasteiger partial charge in [-0.05, 0) is 48.7 Å². The maximum absolute atomic E-state index is 12.8. The van der Waals surface area contributed by atoms with Crippen LogP contribution >= 0.6 is 0 Å². The number of hydrogen-bond donors (Lipinski definition) is 2. The predicted octanol–water partition coefficient (Wildman–Crippen LogP) is 3.09. The topological polar surface area (TPSA) is 90.0 Å². The Hall–Kier alpha value is -2.80. The van der Waals surface area contributed by atoms with Gasteiger partial charge in [0.2, 0.25) is 0 Å². The van der Waals surface area contributed by atoms with Crippen LogP contribution in [-0.2, 0) is 17.1 Å². The summed E-state index contributed by atoms with van der Waals surface area (Å²) in [6.07, 6.45) is 3.63. The molecule has 0 saturated carbocycles. The molecular weight excluding hydrogens is 336 g/mol. The largest absolute Gasteiger partial charge is 0.397 e. The van der Waals surface area contributed by atoms with Crippen molar-refractivity contribution in [3.05, 3.63) is 59.9 Å². The first-order valence-corrected chi connectivity index (χ1v) is 9.24. The van der Waals surface area contributed by atoms with Gasteiger partial charge in [-0.3, -0.25) is 9.40 Å². The molecule has 0 radical (unpaired) electrons. The number of nitrogen functional groups attached to an aromatic ring is 1. The molecule has 0 aliphatic rings. The van der Waals surface area contributed by atoms with Crippen LogP contribution in [0.1, 0.15) is 11.1 Å². The molecule has 7 heteroatoms. The van der Waals surface area contributed by atoms with Crippen LogP contribution in [0.15, 0.2) is 53.7 Å². The van der Waals surface area contributed by atoms with Crippen molar-refractivity contribution in [1.29, 1.82) is 0 Å². The number of para-hydroxylation sites is 1. The third kappa shape index (κ3) is 3.36. The summed E-state index contributed by atoms with van der Waals surface area (Å²) in [5, 5.41) is 4.14. The smallest absolute Gasteiger partial charge is 0.262 e. The van der Waals surface area contributed by atoms with Gasteiger partial charge in [0.05, 0.1) is 22.5 Å². The molecule has 3 rings (SSSR count). The Kier molecular flexibility index (Phi) is 4.26. The second kappa shape index (κ2) is 6.25. The van der Waals surface area contributed by atoms with Crippen LogP contribution in [0.5, 0.6) is 0 Å². The summed E-state index contributed by atoms with van der Waals surface area (Å²) in [4.78, 5) is 0.225. The van der Waals surface area contributed by atoms with E-state index in [2.05, 4.69) is 9.82 Å². The summed E-state index contributed by atoms with van der Waals surface area (Å²) in [6.45, 7) is 3.59. The molecule has 0 fully saturated rings. The van der Waals surface area contributed by atoms with Gasteiger partial charge in [0.15, 0.2) is 0 Å². The Labute approximate surface area is 147 Å². The van der Waals surface area contributed by atoms with Crippen molar-refractivity contribution >= 4 is 21.4 Å². The molecule has 0 saturated heterocycles. The molecule has 0 aliphatic heterocycles. The van der Waals surface area contributed by atoms with Crippen LogP contribution in [0.4, 0.5) is 11.4 Å². The SMILES string of the molecule is Cc1cc(-c2cnn(C)c2)ccc1S(=O)(=O)Nc1c(C)cccc1N. The number of aryl methyl sites for hydroxylation is 3. The highest BCUT2D eigenvalue weighted by Crippen LogP contribution is 2.29. The maximum atomic E-state index is 12.8. The fraction of sp³-hybridized carbons (Fsp3) is 0.167. The Morgan fingerprint density at radius 3 is 2.44 bits per heavy atom. The van der Waals surface area contributed by atoms with Gasteiger partial charge in [-0.1, -0.05) is 18.2 Å².